The summed E-state index contributed by atoms with van der Waals surface area (Å²) in [5.74, 6) is -0.413. The number of aryl methyl sites for hydroxylation is 1. The molecule has 2 heterocycles. The molecule has 0 N–H and O–H groups in total. The van der Waals surface area contributed by atoms with Crippen LogP contribution in [0, 0.1) is 6.92 Å². The number of rotatable bonds is 3. The third kappa shape index (κ3) is 2.55. The van der Waals surface area contributed by atoms with Crippen LogP contribution in [-0.4, -0.2) is 28.3 Å². The lowest BCUT2D eigenvalue weighted by atomic mass is 10.3. The normalized spacial score (nSPS) is 16.4. The molecule has 10 heteroatoms. The van der Waals surface area contributed by atoms with Crippen molar-refractivity contribution in [1.82, 2.24) is 14.4 Å². The number of nitrogens with zero attached hydrogens (tertiary/aromatic N) is 3. The molecular formula is C11H10F3N3O3S. The molecule has 1 aliphatic rings. The summed E-state index contributed by atoms with van der Waals surface area (Å²) < 4.78 is 64.3. The average Bonchev–Trinajstić information content (AvgIpc) is 3.08. The summed E-state index contributed by atoms with van der Waals surface area (Å²) in [6.45, 7) is 1.73. The van der Waals surface area contributed by atoms with Crippen LogP contribution in [0.15, 0.2) is 12.4 Å². The first-order chi connectivity index (χ1) is 9.67. The lowest BCUT2D eigenvalue weighted by molar-refractivity contribution is -0.0501. The fourth-order valence-corrected chi connectivity index (χ4v) is 2.36. The van der Waals surface area contributed by atoms with E-state index in [0.29, 0.717) is 17.0 Å². The highest BCUT2D eigenvalue weighted by atomic mass is 32.2. The van der Waals surface area contributed by atoms with E-state index in [1.807, 2.05) is 0 Å². The Labute approximate surface area is 117 Å². The van der Waals surface area contributed by atoms with Crippen molar-refractivity contribution in [1.29, 1.82) is 0 Å². The number of alkyl halides is 3. The van der Waals surface area contributed by atoms with Gasteiger partial charge in [0.2, 0.25) is 0 Å². The van der Waals surface area contributed by atoms with Gasteiger partial charge in [0, 0.05) is 12.1 Å². The fourth-order valence-electron chi connectivity index (χ4n) is 1.96. The topological polar surface area (TPSA) is 73.6 Å². The van der Waals surface area contributed by atoms with Crippen molar-refractivity contribution in [2.75, 3.05) is 0 Å². The minimum atomic E-state index is -5.72. The van der Waals surface area contributed by atoms with Crippen LogP contribution < -0.4 is 4.18 Å². The molecule has 114 valence electrons. The summed E-state index contributed by atoms with van der Waals surface area (Å²) in [4.78, 5) is 8.12. The maximum absolute atomic E-state index is 12.3. The Morgan fingerprint density at radius 2 is 1.95 bits per heavy atom. The summed E-state index contributed by atoms with van der Waals surface area (Å²) in [7, 11) is -5.72. The van der Waals surface area contributed by atoms with Gasteiger partial charge in [0.1, 0.15) is 0 Å². The first kappa shape index (κ1) is 14.1. The van der Waals surface area contributed by atoms with Crippen LogP contribution in [0.1, 0.15) is 30.1 Å². The second-order valence-corrected chi connectivity index (χ2v) is 6.37. The van der Waals surface area contributed by atoms with Crippen molar-refractivity contribution in [3.8, 4) is 5.88 Å². The zero-order valence-corrected chi connectivity index (χ0v) is 11.6. The minimum absolute atomic E-state index is 0.210. The summed E-state index contributed by atoms with van der Waals surface area (Å²) in [5.41, 5.74) is -3.87. The van der Waals surface area contributed by atoms with E-state index in [4.69, 9.17) is 0 Å². The molecule has 0 atom stereocenters. The van der Waals surface area contributed by atoms with E-state index in [-0.39, 0.29) is 5.92 Å². The molecule has 0 amide bonds. The Morgan fingerprint density at radius 3 is 2.52 bits per heavy atom. The Balaban J connectivity index is 2.04. The molecule has 0 spiro atoms. The standard InChI is InChI=1S/C11H10F3N3O3S/c1-6-4-17-5-8(20-21(18,19)11(12,13)14)16-10(17)9(15-6)7-2-3-7/h4-5,7H,2-3H2,1H3. The predicted octanol–water partition coefficient (Wildman–Crippen LogP) is 2.14. The van der Waals surface area contributed by atoms with Gasteiger partial charge < -0.3 is 4.18 Å². The molecule has 0 radical (unpaired) electrons. The Hall–Kier alpha value is -1.84. The number of hydrogen-bond donors (Lipinski definition) is 0. The van der Waals surface area contributed by atoms with Crippen LogP contribution in [0.2, 0.25) is 0 Å². The SMILES string of the molecule is Cc1cn2cc(OS(=O)(=O)C(F)(F)F)nc2c(C2CC2)n1. The van der Waals surface area contributed by atoms with Gasteiger partial charge in [-0.3, -0.25) is 9.38 Å². The number of fused-ring (bicyclic) bond motifs is 1. The summed E-state index contributed by atoms with van der Waals surface area (Å²) >= 11 is 0. The van der Waals surface area contributed by atoms with Crippen LogP contribution >= 0.6 is 0 Å². The highest BCUT2D eigenvalue weighted by molar-refractivity contribution is 7.87. The number of halogens is 3. The van der Waals surface area contributed by atoms with Crippen LogP contribution in [0.5, 0.6) is 5.88 Å². The van der Waals surface area contributed by atoms with E-state index in [2.05, 4.69) is 14.2 Å². The van der Waals surface area contributed by atoms with Crippen LogP contribution in [0.4, 0.5) is 13.2 Å². The number of imidazole rings is 1. The van der Waals surface area contributed by atoms with E-state index in [1.165, 1.54) is 4.40 Å². The quantitative estimate of drug-likeness (QED) is 0.640. The summed E-state index contributed by atoms with van der Waals surface area (Å²) in [5, 5.41) is 0. The lowest BCUT2D eigenvalue weighted by Gasteiger charge is -2.06. The lowest BCUT2D eigenvalue weighted by Crippen LogP contribution is -2.28. The minimum Gasteiger partial charge on any atom is -0.354 e. The van der Waals surface area contributed by atoms with Crippen LogP contribution in [-0.2, 0) is 10.1 Å². The molecule has 0 aromatic carbocycles. The molecule has 0 saturated heterocycles. The van der Waals surface area contributed by atoms with Crippen molar-refractivity contribution in [2.45, 2.75) is 31.2 Å². The van der Waals surface area contributed by atoms with Crippen LogP contribution in [0.3, 0.4) is 0 Å². The van der Waals surface area contributed by atoms with Gasteiger partial charge in [0.15, 0.2) is 5.65 Å². The van der Waals surface area contributed by atoms with Crippen LogP contribution in [0.25, 0.3) is 5.65 Å². The van der Waals surface area contributed by atoms with Gasteiger partial charge >= 0.3 is 15.6 Å². The van der Waals surface area contributed by atoms with Gasteiger partial charge in [-0.05, 0) is 19.8 Å². The second-order valence-electron chi connectivity index (χ2n) is 4.84. The summed E-state index contributed by atoms with van der Waals surface area (Å²) in [6, 6.07) is 0. The van der Waals surface area contributed by atoms with Crippen molar-refractivity contribution < 1.29 is 25.8 Å². The first-order valence-corrected chi connectivity index (χ1v) is 7.45. The van der Waals surface area contributed by atoms with Gasteiger partial charge in [-0.15, -0.1) is 0 Å². The maximum atomic E-state index is 12.3. The predicted molar refractivity (Wildman–Crippen MR) is 65.3 cm³/mol. The first-order valence-electron chi connectivity index (χ1n) is 6.04. The molecule has 1 fully saturated rings. The molecule has 21 heavy (non-hydrogen) atoms. The monoisotopic (exact) mass is 321 g/mol. The number of aromatic nitrogens is 3. The molecule has 2 aromatic rings. The van der Waals surface area contributed by atoms with E-state index in [0.717, 1.165) is 19.0 Å². The Bertz CT molecular complexity index is 809. The van der Waals surface area contributed by atoms with Gasteiger partial charge in [-0.1, -0.05) is 0 Å². The molecule has 2 aromatic heterocycles. The Morgan fingerprint density at radius 1 is 1.29 bits per heavy atom. The van der Waals surface area contributed by atoms with Gasteiger partial charge in [0.05, 0.1) is 17.6 Å². The van der Waals surface area contributed by atoms with E-state index >= 15 is 0 Å². The third-order valence-electron chi connectivity index (χ3n) is 3.00. The van der Waals surface area contributed by atoms with Gasteiger partial charge in [0.25, 0.3) is 5.88 Å². The van der Waals surface area contributed by atoms with Gasteiger partial charge in [-0.2, -0.15) is 26.6 Å². The summed E-state index contributed by atoms with van der Waals surface area (Å²) in [6.07, 6.45) is 4.49. The van der Waals surface area contributed by atoms with Crippen molar-refractivity contribution >= 4 is 15.8 Å². The molecule has 0 unspecified atom stereocenters. The molecule has 3 rings (SSSR count). The van der Waals surface area contributed by atoms with Crippen molar-refractivity contribution in [3.63, 3.8) is 0 Å². The maximum Gasteiger partial charge on any atom is 0.534 e. The third-order valence-corrected chi connectivity index (χ3v) is 3.96. The molecule has 6 nitrogen and oxygen atoms in total. The second kappa shape index (κ2) is 4.33. The molecular weight excluding hydrogens is 311 g/mol. The number of hydrogen-bond acceptors (Lipinski definition) is 5. The molecule has 1 saturated carbocycles. The average molecular weight is 321 g/mol. The zero-order chi connectivity index (χ0) is 15.4. The van der Waals surface area contributed by atoms with Crippen molar-refractivity contribution in [2.24, 2.45) is 0 Å². The van der Waals surface area contributed by atoms with E-state index in [9.17, 15) is 21.6 Å². The smallest absolute Gasteiger partial charge is 0.354 e. The van der Waals surface area contributed by atoms with E-state index in [1.54, 1.807) is 13.1 Å². The fraction of sp³-hybridized carbons (Fsp3) is 0.455. The van der Waals surface area contributed by atoms with Gasteiger partial charge in [-0.25, -0.2) is 0 Å². The molecule has 1 aliphatic carbocycles. The zero-order valence-electron chi connectivity index (χ0n) is 10.8. The molecule has 0 aliphatic heterocycles. The largest absolute Gasteiger partial charge is 0.534 e. The van der Waals surface area contributed by atoms with E-state index < -0.39 is 21.5 Å². The highest BCUT2D eigenvalue weighted by Gasteiger charge is 2.49. The Kier molecular flexibility index (Phi) is 2.91. The molecule has 0 bridgehead atoms. The van der Waals surface area contributed by atoms with Crippen molar-refractivity contribution in [3.05, 3.63) is 23.8 Å². The highest BCUT2D eigenvalue weighted by Crippen LogP contribution is 2.41.